The Morgan fingerprint density at radius 3 is 3.00 bits per heavy atom. The molecular weight excluding hydrogens is 266 g/mol. The molecule has 0 unspecified atom stereocenters. The first-order valence-corrected chi connectivity index (χ1v) is 8.64. The monoisotopic (exact) mass is 293 g/mol. The molecule has 0 aromatic carbocycles. The number of hydrogen-bond acceptors (Lipinski definition) is 4. The van der Waals surface area contributed by atoms with E-state index in [2.05, 4.69) is 60.9 Å². The van der Waals surface area contributed by atoms with E-state index >= 15 is 0 Å². The summed E-state index contributed by atoms with van der Waals surface area (Å²) in [5.41, 5.74) is 1.18. The summed E-state index contributed by atoms with van der Waals surface area (Å²) in [6.45, 7) is 11.2. The topological polar surface area (TPSA) is 28.2 Å². The summed E-state index contributed by atoms with van der Waals surface area (Å²) in [7, 11) is 0. The Balaban J connectivity index is 1.92. The maximum atomic E-state index is 4.71. The van der Waals surface area contributed by atoms with Crippen LogP contribution < -0.4 is 5.32 Å². The third-order valence-corrected chi connectivity index (χ3v) is 5.05. The number of rotatable bonds is 5. The smallest absolute Gasteiger partial charge is 0.126 e. The van der Waals surface area contributed by atoms with Gasteiger partial charge in [0, 0.05) is 30.1 Å². The highest BCUT2D eigenvalue weighted by atomic mass is 32.2. The fraction of sp³-hybridized carbons (Fsp3) is 0.688. The number of pyridine rings is 1. The standard InChI is InChI=1S/C16H27N3S/c1-4-9-17-15-7-5-6-14(18-15)13-19-10-8-16(2,3)20-12-11-19/h5-7H,4,8-13H2,1-3H3,(H,17,18). The van der Waals surface area contributed by atoms with Gasteiger partial charge in [0.05, 0.1) is 5.69 Å². The highest BCUT2D eigenvalue weighted by molar-refractivity contribution is 8.00. The van der Waals surface area contributed by atoms with Crippen molar-refractivity contribution in [1.29, 1.82) is 0 Å². The predicted octanol–water partition coefficient (Wildman–Crippen LogP) is 3.62. The minimum Gasteiger partial charge on any atom is -0.370 e. The van der Waals surface area contributed by atoms with Gasteiger partial charge in [0.2, 0.25) is 0 Å². The first-order chi connectivity index (χ1) is 9.59. The lowest BCUT2D eigenvalue weighted by molar-refractivity contribution is 0.273. The second-order valence-electron chi connectivity index (χ2n) is 6.08. The molecule has 0 aliphatic carbocycles. The highest BCUT2D eigenvalue weighted by Crippen LogP contribution is 2.30. The molecule has 1 N–H and O–H groups in total. The van der Waals surface area contributed by atoms with E-state index in [4.69, 9.17) is 4.98 Å². The van der Waals surface area contributed by atoms with Gasteiger partial charge >= 0.3 is 0 Å². The van der Waals surface area contributed by atoms with Crippen LogP contribution in [0.2, 0.25) is 0 Å². The van der Waals surface area contributed by atoms with Crippen LogP contribution in [0.4, 0.5) is 5.82 Å². The molecule has 0 amide bonds. The van der Waals surface area contributed by atoms with Gasteiger partial charge < -0.3 is 5.32 Å². The van der Waals surface area contributed by atoms with E-state index in [0.717, 1.165) is 25.3 Å². The van der Waals surface area contributed by atoms with Gasteiger partial charge in [0.25, 0.3) is 0 Å². The Labute approximate surface area is 127 Å². The lowest BCUT2D eigenvalue weighted by atomic mass is 10.1. The lowest BCUT2D eigenvalue weighted by Gasteiger charge is -2.22. The van der Waals surface area contributed by atoms with Crippen LogP contribution in [-0.2, 0) is 6.54 Å². The molecule has 1 aliphatic heterocycles. The summed E-state index contributed by atoms with van der Waals surface area (Å²) < 4.78 is 0.423. The fourth-order valence-electron chi connectivity index (χ4n) is 2.37. The maximum absolute atomic E-state index is 4.71. The Morgan fingerprint density at radius 2 is 2.20 bits per heavy atom. The van der Waals surface area contributed by atoms with Crippen molar-refractivity contribution in [3.63, 3.8) is 0 Å². The van der Waals surface area contributed by atoms with Gasteiger partial charge in [-0.05, 0) is 31.5 Å². The van der Waals surface area contributed by atoms with Gasteiger partial charge in [-0.2, -0.15) is 11.8 Å². The molecular formula is C16H27N3S. The Bertz CT molecular complexity index is 420. The van der Waals surface area contributed by atoms with Gasteiger partial charge in [-0.15, -0.1) is 0 Å². The molecule has 1 aromatic heterocycles. The Morgan fingerprint density at radius 1 is 1.35 bits per heavy atom. The molecule has 1 saturated heterocycles. The van der Waals surface area contributed by atoms with E-state index in [1.807, 2.05) is 0 Å². The largest absolute Gasteiger partial charge is 0.370 e. The maximum Gasteiger partial charge on any atom is 0.126 e. The first kappa shape index (κ1) is 15.6. The fourth-order valence-corrected chi connectivity index (χ4v) is 3.51. The number of nitrogens with one attached hydrogen (secondary N) is 1. The van der Waals surface area contributed by atoms with E-state index in [-0.39, 0.29) is 0 Å². The van der Waals surface area contributed by atoms with Crippen molar-refractivity contribution in [2.75, 3.05) is 30.7 Å². The summed E-state index contributed by atoms with van der Waals surface area (Å²) in [5, 5.41) is 3.36. The molecule has 20 heavy (non-hydrogen) atoms. The highest BCUT2D eigenvalue weighted by Gasteiger charge is 2.23. The van der Waals surface area contributed by atoms with Crippen molar-refractivity contribution >= 4 is 17.6 Å². The second-order valence-corrected chi connectivity index (χ2v) is 7.88. The van der Waals surface area contributed by atoms with E-state index in [1.165, 1.54) is 31.0 Å². The zero-order chi connectivity index (χ0) is 14.4. The van der Waals surface area contributed by atoms with E-state index in [1.54, 1.807) is 0 Å². The predicted molar refractivity (Wildman–Crippen MR) is 89.4 cm³/mol. The van der Waals surface area contributed by atoms with Crippen molar-refractivity contribution in [1.82, 2.24) is 9.88 Å². The third-order valence-electron chi connectivity index (χ3n) is 3.68. The molecule has 2 heterocycles. The van der Waals surface area contributed by atoms with E-state index in [9.17, 15) is 0 Å². The van der Waals surface area contributed by atoms with Crippen molar-refractivity contribution in [2.24, 2.45) is 0 Å². The zero-order valence-electron chi connectivity index (χ0n) is 13.0. The summed E-state index contributed by atoms with van der Waals surface area (Å²) in [4.78, 5) is 7.25. The molecule has 4 heteroatoms. The second kappa shape index (κ2) is 7.32. The van der Waals surface area contributed by atoms with Crippen LogP contribution in [-0.4, -0.2) is 40.0 Å². The summed E-state index contributed by atoms with van der Waals surface area (Å²) in [6.07, 6.45) is 2.38. The van der Waals surface area contributed by atoms with E-state index < -0.39 is 0 Å². The van der Waals surface area contributed by atoms with Gasteiger partial charge in [0.1, 0.15) is 5.82 Å². The average Bonchev–Trinajstić information content (AvgIpc) is 2.58. The SMILES string of the molecule is CCCNc1cccc(CN2CCSC(C)(C)CC2)n1. The molecule has 112 valence electrons. The summed E-state index contributed by atoms with van der Waals surface area (Å²) in [6, 6.07) is 6.30. The normalized spacial score (nSPS) is 19.6. The summed E-state index contributed by atoms with van der Waals surface area (Å²) in [5.74, 6) is 2.23. The molecule has 2 rings (SSSR count). The zero-order valence-corrected chi connectivity index (χ0v) is 13.8. The van der Waals surface area contributed by atoms with E-state index in [0.29, 0.717) is 4.75 Å². The number of nitrogens with zero attached hydrogens (tertiary/aromatic N) is 2. The number of hydrogen-bond donors (Lipinski definition) is 1. The third kappa shape index (κ3) is 4.98. The number of anilines is 1. The van der Waals surface area contributed by atoms with Gasteiger partial charge in [-0.3, -0.25) is 4.90 Å². The Hall–Kier alpha value is -0.740. The molecule has 0 atom stereocenters. The molecule has 0 saturated carbocycles. The van der Waals surface area contributed by atoms with Gasteiger partial charge in [-0.25, -0.2) is 4.98 Å². The average molecular weight is 293 g/mol. The van der Waals surface area contributed by atoms with Crippen LogP contribution in [0.5, 0.6) is 0 Å². The molecule has 1 aromatic rings. The number of thioether (sulfide) groups is 1. The van der Waals surface area contributed by atoms with Crippen molar-refractivity contribution in [2.45, 2.75) is 44.9 Å². The quantitative estimate of drug-likeness (QED) is 0.897. The van der Waals surface area contributed by atoms with Crippen molar-refractivity contribution < 1.29 is 0 Å². The summed E-state index contributed by atoms with van der Waals surface area (Å²) >= 11 is 2.10. The van der Waals surface area contributed by atoms with Crippen LogP contribution in [0.1, 0.15) is 39.3 Å². The first-order valence-electron chi connectivity index (χ1n) is 7.65. The van der Waals surface area contributed by atoms with Crippen LogP contribution in [0, 0.1) is 0 Å². The number of aromatic nitrogens is 1. The molecule has 1 aliphatic rings. The lowest BCUT2D eigenvalue weighted by Crippen LogP contribution is -2.27. The van der Waals surface area contributed by atoms with Gasteiger partial charge in [-0.1, -0.05) is 26.8 Å². The molecule has 3 nitrogen and oxygen atoms in total. The van der Waals surface area contributed by atoms with Crippen LogP contribution in [0.15, 0.2) is 18.2 Å². The van der Waals surface area contributed by atoms with Crippen molar-refractivity contribution in [3.05, 3.63) is 23.9 Å². The van der Waals surface area contributed by atoms with Crippen LogP contribution in [0.25, 0.3) is 0 Å². The molecule has 0 radical (unpaired) electrons. The molecule has 0 spiro atoms. The van der Waals surface area contributed by atoms with Crippen LogP contribution in [0.3, 0.4) is 0 Å². The molecule has 0 bridgehead atoms. The minimum atomic E-state index is 0.423. The Kier molecular flexibility index (Phi) is 5.73. The minimum absolute atomic E-state index is 0.423. The van der Waals surface area contributed by atoms with Crippen LogP contribution >= 0.6 is 11.8 Å². The van der Waals surface area contributed by atoms with Crippen molar-refractivity contribution in [3.8, 4) is 0 Å². The van der Waals surface area contributed by atoms with Gasteiger partial charge in [0.15, 0.2) is 0 Å². The molecule has 1 fully saturated rings.